The number of carbonyl (C=O) groups is 2. The maximum Gasteiger partial charge on any atom is 0.325 e. The molecule has 1 fully saturated rings. The van der Waals surface area contributed by atoms with Gasteiger partial charge >= 0.3 is 6.03 Å². The summed E-state index contributed by atoms with van der Waals surface area (Å²) in [7, 11) is 0. The predicted octanol–water partition coefficient (Wildman–Crippen LogP) is 2.40. The van der Waals surface area contributed by atoms with Gasteiger partial charge < -0.3 is 9.84 Å². The third-order valence-electron chi connectivity index (χ3n) is 4.18. The molecule has 1 aromatic heterocycles. The molecule has 23 heavy (non-hydrogen) atoms. The molecule has 2 heterocycles. The summed E-state index contributed by atoms with van der Waals surface area (Å²) in [6, 6.07) is 5.34. The molecule has 1 aromatic carbocycles. The molecule has 0 unspecified atom stereocenters. The Bertz CT molecular complexity index is 782. The molecule has 0 radical (unpaired) electrons. The van der Waals surface area contributed by atoms with Crippen LogP contribution in [0.4, 0.5) is 9.18 Å². The molecular weight excluding hydrogens is 301 g/mol. The Morgan fingerprint density at radius 1 is 1.30 bits per heavy atom. The van der Waals surface area contributed by atoms with Crippen molar-refractivity contribution in [1.82, 2.24) is 15.4 Å². The van der Waals surface area contributed by atoms with Crippen molar-refractivity contribution in [3.63, 3.8) is 0 Å². The summed E-state index contributed by atoms with van der Waals surface area (Å²) < 4.78 is 19.1. The van der Waals surface area contributed by atoms with Gasteiger partial charge in [0.1, 0.15) is 17.1 Å². The maximum atomic E-state index is 14.1. The summed E-state index contributed by atoms with van der Waals surface area (Å²) >= 11 is 0. The highest BCUT2D eigenvalue weighted by Crippen LogP contribution is 2.31. The summed E-state index contributed by atoms with van der Waals surface area (Å²) in [5.74, 6) is -0.502. The first-order valence-corrected chi connectivity index (χ1v) is 7.15. The van der Waals surface area contributed by atoms with E-state index >= 15 is 0 Å². The van der Waals surface area contributed by atoms with Gasteiger partial charge in [0.05, 0.1) is 12.2 Å². The predicted molar refractivity (Wildman–Crippen MR) is 78.8 cm³/mol. The topological polar surface area (TPSA) is 75.4 Å². The first kappa shape index (κ1) is 15.2. The number of amides is 3. The fourth-order valence-electron chi connectivity index (χ4n) is 2.78. The number of imide groups is 1. The van der Waals surface area contributed by atoms with Gasteiger partial charge in [0.25, 0.3) is 5.91 Å². The minimum Gasteiger partial charge on any atom is -0.361 e. The molecule has 0 spiro atoms. The lowest BCUT2D eigenvalue weighted by atomic mass is 9.91. The molecule has 0 aliphatic carbocycles. The molecule has 1 aliphatic rings. The van der Waals surface area contributed by atoms with Crippen molar-refractivity contribution < 1.29 is 18.5 Å². The van der Waals surface area contributed by atoms with Crippen LogP contribution < -0.4 is 5.32 Å². The van der Waals surface area contributed by atoms with Crippen molar-refractivity contribution >= 4 is 11.9 Å². The molecule has 3 rings (SSSR count). The van der Waals surface area contributed by atoms with Gasteiger partial charge in [0, 0.05) is 11.1 Å². The number of hydrogen-bond acceptors (Lipinski definition) is 4. The van der Waals surface area contributed by atoms with Gasteiger partial charge in [-0.05, 0) is 26.8 Å². The summed E-state index contributed by atoms with van der Waals surface area (Å²) in [5, 5.41) is 6.40. The van der Waals surface area contributed by atoms with E-state index in [0.29, 0.717) is 17.0 Å². The number of carbonyl (C=O) groups excluding carboxylic acids is 2. The number of hydrogen-bond donors (Lipinski definition) is 1. The number of aromatic nitrogens is 1. The molecule has 1 aliphatic heterocycles. The van der Waals surface area contributed by atoms with Crippen LogP contribution in [0.2, 0.25) is 0 Å². The highest BCUT2D eigenvalue weighted by Gasteiger charge is 2.50. The summed E-state index contributed by atoms with van der Waals surface area (Å²) in [4.78, 5) is 26.1. The highest BCUT2D eigenvalue weighted by molar-refractivity contribution is 6.07. The standard InChI is InChI=1S/C16H16FN3O3/c1-9-11(10(2)23-19-9)8-20-14(21)16(3,18-15(20)22)12-6-4-5-7-13(12)17/h4-7H,8H2,1-3H3,(H,18,22)/t16-/m1/s1. The van der Waals surface area contributed by atoms with Gasteiger partial charge in [-0.25, -0.2) is 9.18 Å². The van der Waals surface area contributed by atoms with Crippen molar-refractivity contribution in [2.24, 2.45) is 0 Å². The zero-order valence-corrected chi connectivity index (χ0v) is 13.0. The molecule has 0 saturated carbocycles. The number of nitrogens with zero attached hydrogens (tertiary/aromatic N) is 2. The van der Waals surface area contributed by atoms with Crippen molar-refractivity contribution in [1.29, 1.82) is 0 Å². The number of benzene rings is 1. The van der Waals surface area contributed by atoms with E-state index in [0.717, 1.165) is 4.90 Å². The minimum atomic E-state index is -1.43. The Hall–Kier alpha value is -2.70. The average molecular weight is 317 g/mol. The monoisotopic (exact) mass is 317 g/mol. The summed E-state index contributed by atoms with van der Waals surface area (Å²) in [6.07, 6.45) is 0. The van der Waals surface area contributed by atoms with E-state index in [4.69, 9.17) is 4.52 Å². The lowest BCUT2D eigenvalue weighted by molar-refractivity contribution is -0.131. The molecule has 3 amide bonds. The Morgan fingerprint density at radius 3 is 2.61 bits per heavy atom. The quantitative estimate of drug-likeness (QED) is 0.882. The Kier molecular flexibility index (Phi) is 3.43. The van der Waals surface area contributed by atoms with Gasteiger partial charge in [-0.15, -0.1) is 0 Å². The van der Waals surface area contributed by atoms with E-state index in [1.807, 2.05) is 0 Å². The molecule has 1 saturated heterocycles. The van der Waals surface area contributed by atoms with Gasteiger partial charge in [-0.3, -0.25) is 9.69 Å². The van der Waals surface area contributed by atoms with Crippen molar-refractivity contribution in [2.45, 2.75) is 32.9 Å². The number of aryl methyl sites for hydroxylation is 2. The van der Waals surface area contributed by atoms with Gasteiger partial charge in [0.15, 0.2) is 0 Å². The number of halogens is 1. The third-order valence-corrected chi connectivity index (χ3v) is 4.18. The van der Waals surface area contributed by atoms with E-state index in [1.54, 1.807) is 19.9 Å². The lowest BCUT2D eigenvalue weighted by Crippen LogP contribution is -2.41. The maximum absolute atomic E-state index is 14.1. The largest absolute Gasteiger partial charge is 0.361 e. The average Bonchev–Trinajstić information content (AvgIpc) is 2.93. The zero-order chi connectivity index (χ0) is 16.8. The van der Waals surface area contributed by atoms with E-state index in [9.17, 15) is 14.0 Å². The van der Waals surface area contributed by atoms with E-state index in [2.05, 4.69) is 10.5 Å². The Morgan fingerprint density at radius 2 is 2.00 bits per heavy atom. The van der Waals surface area contributed by atoms with Gasteiger partial charge in [0.2, 0.25) is 0 Å². The Labute approximate surface area is 132 Å². The van der Waals surface area contributed by atoms with E-state index in [-0.39, 0.29) is 12.1 Å². The van der Waals surface area contributed by atoms with Crippen LogP contribution in [0, 0.1) is 19.7 Å². The number of nitrogens with one attached hydrogen (secondary N) is 1. The number of urea groups is 1. The second kappa shape index (κ2) is 5.19. The van der Waals surface area contributed by atoms with Gasteiger partial charge in [-0.1, -0.05) is 23.4 Å². The zero-order valence-electron chi connectivity index (χ0n) is 13.0. The molecule has 0 bridgehead atoms. The molecule has 6 nitrogen and oxygen atoms in total. The second-order valence-electron chi connectivity index (χ2n) is 5.73. The fraction of sp³-hybridized carbons (Fsp3) is 0.312. The van der Waals surface area contributed by atoms with Crippen molar-refractivity contribution in [3.8, 4) is 0 Å². The van der Waals surface area contributed by atoms with E-state index in [1.165, 1.54) is 25.1 Å². The number of rotatable bonds is 3. The molecule has 1 atom stereocenters. The van der Waals surface area contributed by atoms with Crippen LogP contribution >= 0.6 is 0 Å². The van der Waals surface area contributed by atoms with Crippen LogP contribution in [-0.4, -0.2) is 22.0 Å². The Balaban J connectivity index is 1.96. The fourth-order valence-corrected chi connectivity index (χ4v) is 2.78. The molecule has 120 valence electrons. The van der Waals surface area contributed by atoms with Crippen LogP contribution in [0.25, 0.3) is 0 Å². The van der Waals surface area contributed by atoms with Crippen LogP contribution in [0.1, 0.15) is 29.5 Å². The van der Waals surface area contributed by atoms with Crippen molar-refractivity contribution in [3.05, 3.63) is 52.7 Å². The molecule has 1 N–H and O–H groups in total. The van der Waals surface area contributed by atoms with Crippen LogP contribution in [0.5, 0.6) is 0 Å². The summed E-state index contributed by atoms with van der Waals surface area (Å²) in [6.45, 7) is 4.99. The SMILES string of the molecule is Cc1noc(C)c1CN1C(=O)N[C@](C)(c2ccccc2F)C1=O. The first-order chi connectivity index (χ1) is 10.8. The van der Waals surface area contributed by atoms with Crippen LogP contribution in [0.15, 0.2) is 28.8 Å². The van der Waals surface area contributed by atoms with Crippen molar-refractivity contribution in [2.75, 3.05) is 0 Å². The smallest absolute Gasteiger partial charge is 0.325 e. The third kappa shape index (κ3) is 2.28. The second-order valence-corrected chi connectivity index (χ2v) is 5.73. The van der Waals surface area contributed by atoms with Gasteiger partial charge in [-0.2, -0.15) is 0 Å². The van der Waals surface area contributed by atoms with Crippen LogP contribution in [-0.2, 0) is 16.9 Å². The first-order valence-electron chi connectivity index (χ1n) is 7.15. The minimum absolute atomic E-state index is 0.0376. The highest BCUT2D eigenvalue weighted by atomic mass is 19.1. The molecule has 2 aromatic rings. The molecule has 7 heteroatoms. The normalized spacial score (nSPS) is 21.0. The van der Waals surface area contributed by atoms with Crippen LogP contribution in [0.3, 0.4) is 0 Å². The molecular formula is C16H16FN3O3. The van der Waals surface area contributed by atoms with E-state index < -0.39 is 23.3 Å². The summed E-state index contributed by atoms with van der Waals surface area (Å²) in [5.41, 5.74) is -0.00464. The lowest BCUT2D eigenvalue weighted by Gasteiger charge is -2.22.